The summed E-state index contributed by atoms with van der Waals surface area (Å²) in [6.45, 7) is 13.0. The van der Waals surface area contributed by atoms with Gasteiger partial charge < -0.3 is 9.22 Å². The normalized spacial score (nSPS) is 20.8. The maximum Gasteiger partial charge on any atom is 0.309 e. The average Bonchev–Trinajstić information content (AvgIpc) is 2.53. The van der Waals surface area contributed by atoms with Crippen LogP contribution in [-0.4, -0.2) is 42.7 Å². The molecule has 1 saturated carbocycles. The molecule has 3 nitrogen and oxygen atoms in total. The first-order valence-corrected chi connectivity index (χ1v) is 9.12. The maximum atomic E-state index is 12.1. The van der Waals surface area contributed by atoms with Crippen molar-refractivity contribution in [2.45, 2.75) is 78.7 Å². The van der Waals surface area contributed by atoms with Crippen LogP contribution in [0.15, 0.2) is 0 Å². The van der Waals surface area contributed by atoms with Crippen molar-refractivity contribution in [3.05, 3.63) is 0 Å². The number of likely N-dealkylation sites (N-methyl/N-ethyl adjacent to an activating group) is 1. The first kappa shape index (κ1) is 18.5. The molecular formula is C18H36NO2+. The molecule has 3 heteroatoms. The van der Waals surface area contributed by atoms with E-state index in [9.17, 15) is 4.79 Å². The SMILES string of the molecule is CCC[N+](CC)(CCOC(=O)C1CCCCC1)C(C)CC. The Labute approximate surface area is 131 Å². The number of nitrogens with zero attached hydrogens (tertiary/aromatic N) is 1. The van der Waals surface area contributed by atoms with Crippen molar-refractivity contribution >= 4 is 5.97 Å². The predicted molar refractivity (Wildman–Crippen MR) is 88.1 cm³/mol. The van der Waals surface area contributed by atoms with E-state index in [1.54, 1.807) is 0 Å². The van der Waals surface area contributed by atoms with Crippen LogP contribution in [0.2, 0.25) is 0 Å². The molecule has 124 valence electrons. The van der Waals surface area contributed by atoms with Gasteiger partial charge in [-0.1, -0.05) is 33.1 Å². The van der Waals surface area contributed by atoms with E-state index in [1.807, 2.05) is 0 Å². The van der Waals surface area contributed by atoms with Gasteiger partial charge in [0.2, 0.25) is 0 Å². The first-order chi connectivity index (χ1) is 10.1. The zero-order valence-corrected chi connectivity index (χ0v) is 14.7. The summed E-state index contributed by atoms with van der Waals surface area (Å²) >= 11 is 0. The van der Waals surface area contributed by atoms with Gasteiger partial charge in [0, 0.05) is 0 Å². The van der Waals surface area contributed by atoms with Gasteiger partial charge in [0.25, 0.3) is 0 Å². The molecule has 1 rings (SSSR count). The second-order valence-corrected chi connectivity index (χ2v) is 6.74. The van der Waals surface area contributed by atoms with E-state index in [-0.39, 0.29) is 11.9 Å². The van der Waals surface area contributed by atoms with Gasteiger partial charge >= 0.3 is 5.97 Å². The number of carbonyl (C=O) groups is 1. The van der Waals surface area contributed by atoms with Crippen LogP contribution in [0, 0.1) is 5.92 Å². The third-order valence-corrected chi connectivity index (χ3v) is 5.54. The van der Waals surface area contributed by atoms with Gasteiger partial charge in [-0.05, 0) is 39.5 Å². The standard InChI is InChI=1S/C18H36NO2/c1-5-13-19(7-3,16(4)6-2)14-15-21-18(20)17-11-9-8-10-12-17/h16-17H,5-15H2,1-4H3/q+1. The molecule has 0 aromatic rings. The lowest BCUT2D eigenvalue weighted by Crippen LogP contribution is -2.56. The van der Waals surface area contributed by atoms with E-state index >= 15 is 0 Å². The molecule has 0 heterocycles. The summed E-state index contributed by atoms with van der Waals surface area (Å²) < 4.78 is 6.71. The third kappa shape index (κ3) is 5.28. The van der Waals surface area contributed by atoms with Crippen LogP contribution in [0.25, 0.3) is 0 Å². The highest BCUT2D eigenvalue weighted by Gasteiger charge is 2.31. The zero-order chi connectivity index (χ0) is 15.7. The van der Waals surface area contributed by atoms with Crippen LogP contribution in [0.5, 0.6) is 0 Å². The van der Waals surface area contributed by atoms with Crippen LogP contribution in [0.4, 0.5) is 0 Å². The van der Waals surface area contributed by atoms with Crippen molar-refractivity contribution in [2.75, 3.05) is 26.2 Å². The van der Waals surface area contributed by atoms with Crippen LogP contribution in [0.3, 0.4) is 0 Å². The Balaban J connectivity index is 2.46. The second kappa shape index (κ2) is 9.45. The van der Waals surface area contributed by atoms with Crippen LogP contribution in [-0.2, 0) is 9.53 Å². The minimum absolute atomic E-state index is 0.0598. The molecule has 1 aliphatic carbocycles. The van der Waals surface area contributed by atoms with Crippen molar-refractivity contribution in [1.29, 1.82) is 0 Å². The lowest BCUT2D eigenvalue weighted by molar-refractivity contribution is -0.948. The van der Waals surface area contributed by atoms with Gasteiger partial charge in [0.05, 0.1) is 25.0 Å². The Morgan fingerprint density at radius 3 is 2.33 bits per heavy atom. The fourth-order valence-corrected chi connectivity index (χ4v) is 3.80. The van der Waals surface area contributed by atoms with Crippen LogP contribution < -0.4 is 0 Å². The summed E-state index contributed by atoms with van der Waals surface area (Å²) in [5, 5.41) is 0. The van der Waals surface area contributed by atoms with E-state index in [0.717, 1.165) is 30.4 Å². The molecule has 1 aliphatic rings. The largest absolute Gasteiger partial charge is 0.459 e. The molecule has 21 heavy (non-hydrogen) atoms. The highest BCUT2D eigenvalue weighted by atomic mass is 16.5. The fraction of sp³-hybridized carbons (Fsp3) is 0.944. The number of carbonyl (C=O) groups excluding carboxylic acids is 1. The zero-order valence-electron chi connectivity index (χ0n) is 14.7. The second-order valence-electron chi connectivity index (χ2n) is 6.74. The molecule has 0 saturated heterocycles. The molecule has 0 aliphatic heterocycles. The summed E-state index contributed by atoms with van der Waals surface area (Å²) in [6.07, 6.45) is 8.11. The fourth-order valence-electron chi connectivity index (χ4n) is 3.80. The molecule has 0 amide bonds. The number of ether oxygens (including phenoxy) is 1. The number of esters is 1. The smallest absolute Gasteiger partial charge is 0.309 e. The Hall–Kier alpha value is -0.570. The topological polar surface area (TPSA) is 26.3 Å². The molecule has 2 atom stereocenters. The Morgan fingerprint density at radius 2 is 1.81 bits per heavy atom. The quantitative estimate of drug-likeness (QED) is 0.472. The molecule has 0 aromatic heterocycles. The number of quaternary nitrogens is 1. The number of rotatable bonds is 9. The van der Waals surface area contributed by atoms with Crippen LogP contribution in [0.1, 0.15) is 72.6 Å². The molecule has 0 aromatic carbocycles. The summed E-state index contributed by atoms with van der Waals surface area (Å²) in [7, 11) is 0. The van der Waals surface area contributed by atoms with E-state index in [2.05, 4.69) is 27.7 Å². The summed E-state index contributed by atoms with van der Waals surface area (Å²) in [4.78, 5) is 12.1. The van der Waals surface area contributed by atoms with E-state index in [1.165, 1.54) is 38.6 Å². The van der Waals surface area contributed by atoms with Crippen molar-refractivity contribution in [2.24, 2.45) is 5.92 Å². The van der Waals surface area contributed by atoms with Crippen molar-refractivity contribution in [3.63, 3.8) is 0 Å². The molecule has 0 bridgehead atoms. The predicted octanol–water partition coefficient (Wildman–Crippen LogP) is 4.16. The average molecular weight is 298 g/mol. The van der Waals surface area contributed by atoms with Gasteiger partial charge in [-0.2, -0.15) is 0 Å². The highest BCUT2D eigenvalue weighted by molar-refractivity contribution is 5.72. The van der Waals surface area contributed by atoms with Crippen molar-refractivity contribution in [1.82, 2.24) is 0 Å². The molecule has 0 radical (unpaired) electrons. The lowest BCUT2D eigenvalue weighted by atomic mass is 9.89. The van der Waals surface area contributed by atoms with E-state index < -0.39 is 0 Å². The minimum atomic E-state index is 0.0598. The first-order valence-electron chi connectivity index (χ1n) is 9.12. The Kier molecular flexibility index (Phi) is 8.31. The Morgan fingerprint density at radius 1 is 1.14 bits per heavy atom. The van der Waals surface area contributed by atoms with E-state index in [0.29, 0.717) is 12.6 Å². The number of hydrogen-bond acceptors (Lipinski definition) is 2. The van der Waals surface area contributed by atoms with Crippen LogP contribution >= 0.6 is 0 Å². The van der Waals surface area contributed by atoms with Gasteiger partial charge in [0.1, 0.15) is 13.2 Å². The van der Waals surface area contributed by atoms with Gasteiger partial charge in [-0.15, -0.1) is 0 Å². The van der Waals surface area contributed by atoms with E-state index in [4.69, 9.17) is 4.74 Å². The third-order valence-electron chi connectivity index (χ3n) is 5.54. The summed E-state index contributed by atoms with van der Waals surface area (Å²) in [5.74, 6) is 0.238. The summed E-state index contributed by atoms with van der Waals surface area (Å²) in [6, 6.07) is 0.642. The highest BCUT2D eigenvalue weighted by Crippen LogP contribution is 2.25. The summed E-state index contributed by atoms with van der Waals surface area (Å²) in [5.41, 5.74) is 0. The van der Waals surface area contributed by atoms with Crippen molar-refractivity contribution < 1.29 is 14.0 Å². The molecule has 2 unspecified atom stereocenters. The monoisotopic (exact) mass is 298 g/mol. The van der Waals surface area contributed by atoms with Gasteiger partial charge in [-0.3, -0.25) is 4.79 Å². The number of hydrogen-bond donors (Lipinski definition) is 0. The van der Waals surface area contributed by atoms with Gasteiger partial charge in [0.15, 0.2) is 0 Å². The van der Waals surface area contributed by atoms with Crippen molar-refractivity contribution in [3.8, 4) is 0 Å². The van der Waals surface area contributed by atoms with Gasteiger partial charge in [-0.25, -0.2) is 0 Å². The molecule has 1 fully saturated rings. The maximum absolute atomic E-state index is 12.1. The molecule has 0 spiro atoms. The minimum Gasteiger partial charge on any atom is -0.459 e. The molecule has 0 N–H and O–H groups in total. The Bertz CT molecular complexity index is 300. The lowest BCUT2D eigenvalue weighted by Gasteiger charge is -2.42. The molecular weight excluding hydrogens is 262 g/mol.